The van der Waals surface area contributed by atoms with Gasteiger partial charge >= 0.3 is 0 Å². The zero-order valence-corrected chi connectivity index (χ0v) is 16.6. The Hall–Kier alpha value is -2.10. The summed E-state index contributed by atoms with van der Waals surface area (Å²) in [6.07, 6.45) is 9.14. The standard InChI is InChI=1S/C23H31NO3/c1-17(2)27-21-12-6-10-19(15-21)23(26)20-11-7-13-24(16-20)22(25)14-18-8-4-3-5-9-18/h6,8,10,12,15,17,20H,3-5,7,9,11,13-14,16H2,1-2H3/t20-/m1/s1. The van der Waals surface area contributed by atoms with E-state index in [9.17, 15) is 9.59 Å². The van der Waals surface area contributed by atoms with Gasteiger partial charge in [0.15, 0.2) is 5.78 Å². The van der Waals surface area contributed by atoms with Gasteiger partial charge in [0.2, 0.25) is 5.91 Å². The Kier molecular flexibility index (Phi) is 6.70. The first-order chi connectivity index (χ1) is 13.0. The van der Waals surface area contributed by atoms with E-state index in [1.807, 2.05) is 43.0 Å². The predicted octanol–water partition coefficient (Wildman–Crippen LogP) is 4.79. The molecule has 0 radical (unpaired) electrons. The third-order valence-electron chi connectivity index (χ3n) is 5.40. The van der Waals surface area contributed by atoms with Crippen LogP contribution in [0.3, 0.4) is 0 Å². The van der Waals surface area contributed by atoms with Crippen LogP contribution in [0.25, 0.3) is 0 Å². The van der Waals surface area contributed by atoms with E-state index in [4.69, 9.17) is 4.74 Å². The molecule has 1 aromatic carbocycles. The van der Waals surface area contributed by atoms with Crippen molar-refractivity contribution < 1.29 is 14.3 Å². The maximum absolute atomic E-state index is 13.0. The van der Waals surface area contributed by atoms with E-state index in [1.54, 1.807) is 0 Å². The van der Waals surface area contributed by atoms with E-state index in [1.165, 1.54) is 18.4 Å². The number of hydrogen-bond acceptors (Lipinski definition) is 3. The molecule has 0 unspecified atom stereocenters. The molecule has 0 saturated carbocycles. The van der Waals surface area contributed by atoms with Crippen molar-refractivity contribution in [3.63, 3.8) is 0 Å². The van der Waals surface area contributed by atoms with Crippen molar-refractivity contribution in [1.29, 1.82) is 0 Å². The molecule has 0 aromatic heterocycles. The summed E-state index contributed by atoms with van der Waals surface area (Å²) >= 11 is 0. The Morgan fingerprint density at radius 3 is 2.81 bits per heavy atom. The van der Waals surface area contributed by atoms with Crippen LogP contribution in [0.1, 0.15) is 69.2 Å². The van der Waals surface area contributed by atoms with Crippen molar-refractivity contribution in [2.75, 3.05) is 13.1 Å². The summed E-state index contributed by atoms with van der Waals surface area (Å²) in [5.74, 6) is 0.914. The van der Waals surface area contributed by atoms with Crippen LogP contribution >= 0.6 is 0 Å². The second kappa shape index (κ2) is 9.20. The second-order valence-corrected chi connectivity index (χ2v) is 8.02. The van der Waals surface area contributed by atoms with E-state index in [2.05, 4.69) is 6.08 Å². The molecule has 1 fully saturated rings. The van der Waals surface area contributed by atoms with Gasteiger partial charge in [0.1, 0.15) is 5.75 Å². The molecule has 1 atom stereocenters. The van der Waals surface area contributed by atoms with Gasteiger partial charge < -0.3 is 9.64 Å². The molecule has 1 aromatic rings. The zero-order valence-electron chi connectivity index (χ0n) is 16.6. The number of likely N-dealkylation sites (tertiary alicyclic amines) is 1. The second-order valence-electron chi connectivity index (χ2n) is 8.02. The summed E-state index contributed by atoms with van der Waals surface area (Å²) in [6, 6.07) is 7.43. The van der Waals surface area contributed by atoms with Crippen LogP contribution in [-0.4, -0.2) is 35.8 Å². The van der Waals surface area contributed by atoms with E-state index >= 15 is 0 Å². The lowest BCUT2D eigenvalue weighted by molar-refractivity contribution is -0.131. The first-order valence-corrected chi connectivity index (χ1v) is 10.3. The van der Waals surface area contributed by atoms with Gasteiger partial charge in [0.25, 0.3) is 0 Å². The molecule has 0 bridgehead atoms. The lowest BCUT2D eigenvalue weighted by atomic mass is 9.89. The van der Waals surface area contributed by atoms with Crippen LogP contribution in [0, 0.1) is 5.92 Å². The third-order valence-corrected chi connectivity index (χ3v) is 5.40. The molecular formula is C23H31NO3. The van der Waals surface area contributed by atoms with Gasteiger partial charge in [-0.05, 0) is 64.5 Å². The average Bonchev–Trinajstić information content (AvgIpc) is 2.68. The number of allylic oxidation sites excluding steroid dienone is 1. The molecule has 4 nitrogen and oxygen atoms in total. The molecule has 4 heteroatoms. The molecular weight excluding hydrogens is 338 g/mol. The summed E-state index contributed by atoms with van der Waals surface area (Å²) in [5.41, 5.74) is 1.96. The van der Waals surface area contributed by atoms with E-state index in [-0.39, 0.29) is 23.7 Å². The fraction of sp³-hybridized carbons (Fsp3) is 0.565. The first-order valence-electron chi connectivity index (χ1n) is 10.3. The lowest BCUT2D eigenvalue weighted by Crippen LogP contribution is -2.42. The summed E-state index contributed by atoms with van der Waals surface area (Å²) < 4.78 is 5.71. The predicted molar refractivity (Wildman–Crippen MR) is 107 cm³/mol. The van der Waals surface area contributed by atoms with Crippen molar-refractivity contribution in [2.24, 2.45) is 5.92 Å². The zero-order chi connectivity index (χ0) is 19.2. The molecule has 0 N–H and O–H groups in total. The number of rotatable bonds is 6. The highest BCUT2D eigenvalue weighted by Gasteiger charge is 2.29. The molecule has 27 heavy (non-hydrogen) atoms. The minimum atomic E-state index is -0.114. The monoisotopic (exact) mass is 369 g/mol. The smallest absolute Gasteiger partial charge is 0.226 e. The Morgan fingerprint density at radius 2 is 2.07 bits per heavy atom. The number of ketones is 1. The van der Waals surface area contributed by atoms with E-state index < -0.39 is 0 Å². The van der Waals surface area contributed by atoms with Crippen LogP contribution in [0.5, 0.6) is 5.75 Å². The van der Waals surface area contributed by atoms with Crippen LogP contribution < -0.4 is 4.74 Å². The summed E-state index contributed by atoms with van der Waals surface area (Å²) in [5, 5.41) is 0. The van der Waals surface area contributed by atoms with Gasteiger partial charge in [-0.1, -0.05) is 23.8 Å². The number of Topliss-reactive ketones (excluding diaryl/α,β-unsaturated/α-hetero) is 1. The van der Waals surface area contributed by atoms with Crippen LogP contribution in [0.4, 0.5) is 0 Å². The quantitative estimate of drug-likeness (QED) is 0.535. The van der Waals surface area contributed by atoms with Gasteiger partial charge in [0, 0.05) is 31.0 Å². The van der Waals surface area contributed by atoms with Crippen molar-refractivity contribution in [2.45, 2.75) is 64.9 Å². The van der Waals surface area contributed by atoms with Crippen molar-refractivity contribution >= 4 is 11.7 Å². The van der Waals surface area contributed by atoms with Crippen LogP contribution in [0.2, 0.25) is 0 Å². The minimum absolute atomic E-state index is 0.0761. The van der Waals surface area contributed by atoms with Crippen molar-refractivity contribution in [3.05, 3.63) is 41.5 Å². The molecule has 1 aliphatic carbocycles. The molecule has 1 heterocycles. The summed E-state index contributed by atoms with van der Waals surface area (Å²) in [4.78, 5) is 27.6. The normalized spacial score (nSPS) is 20.3. The number of hydrogen-bond donors (Lipinski definition) is 0. The van der Waals surface area contributed by atoms with Gasteiger partial charge in [-0.15, -0.1) is 0 Å². The highest BCUT2D eigenvalue weighted by Crippen LogP contribution is 2.26. The average molecular weight is 370 g/mol. The third kappa shape index (κ3) is 5.44. The Balaban J connectivity index is 1.62. The molecule has 146 valence electrons. The van der Waals surface area contributed by atoms with Crippen molar-refractivity contribution in [3.8, 4) is 5.75 Å². The molecule has 1 amide bonds. The van der Waals surface area contributed by atoms with E-state index in [0.29, 0.717) is 18.5 Å². The maximum Gasteiger partial charge on any atom is 0.226 e. The Bertz CT molecular complexity index is 707. The summed E-state index contributed by atoms with van der Waals surface area (Å²) in [7, 11) is 0. The molecule has 0 spiro atoms. The van der Waals surface area contributed by atoms with Crippen LogP contribution in [-0.2, 0) is 4.79 Å². The largest absolute Gasteiger partial charge is 0.491 e. The fourth-order valence-electron chi connectivity index (χ4n) is 4.02. The van der Waals surface area contributed by atoms with E-state index in [0.717, 1.165) is 38.0 Å². The van der Waals surface area contributed by atoms with Crippen LogP contribution in [0.15, 0.2) is 35.9 Å². The lowest BCUT2D eigenvalue weighted by Gasteiger charge is -2.32. The van der Waals surface area contributed by atoms with Gasteiger partial charge in [0.05, 0.1) is 6.10 Å². The molecule has 1 aliphatic heterocycles. The molecule has 2 aliphatic rings. The topological polar surface area (TPSA) is 46.6 Å². The van der Waals surface area contributed by atoms with Gasteiger partial charge in [-0.25, -0.2) is 0 Å². The highest BCUT2D eigenvalue weighted by atomic mass is 16.5. The number of amides is 1. The first kappa shape index (κ1) is 19.7. The number of ether oxygens (including phenoxy) is 1. The highest BCUT2D eigenvalue weighted by molar-refractivity contribution is 5.98. The number of carbonyl (C=O) groups is 2. The SMILES string of the molecule is CC(C)Oc1cccc(C(=O)[C@@H]2CCCN(C(=O)CC3=CCCCC3)C2)c1. The van der Waals surface area contributed by atoms with Gasteiger partial charge in [-0.3, -0.25) is 9.59 Å². The number of piperidine rings is 1. The Labute approximate surface area is 162 Å². The molecule has 3 rings (SSSR count). The minimum Gasteiger partial charge on any atom is -0.491 e. The summed E-state index contributed by atoms with van der Waals surface area (Å²) in [6.45, 7) is 5.26. The fourth-order valence-corrected chi connectivity index (χ4v) is 4.02. The van der Waals surface area contributed by atoms with Crippen molar-refractivity contribution in [1.82, 2.24) is 4.90 Å². The number of carbonyl (C=O) groups excluding carboxylic acids is 2. The Morgan fingerprint density at radius 1 is 1.22 bits per heavy atom. The maximum atomic E-state index is 13.0. The van der Waals surface area contributed by atoms with Gasteiger partial charge in [-0.2, -0.15) is 0 Å². The molecule has 1 saturated heterocycles. The number of benzene rings is 1. The number of nitrogens with zero attached hydrogens (tertiary/aromatic N) is 1.